The molecule has 0 bridgehead atoms. The van der Waals surface area contributed by atoms with E-state index in [1.165, 1.54) is 0 Å². The van der Waals surface area contributed by atoms with Crippen LogP contribution in [-0.4, -0.2) is 17.0 Å². The first kappa shape index (κ1) is 14.5. The van der Waals surface area contributed by atoms with Gasteiger partial charge in [0.25, 0.3) is 0 Å². The van der Waals surface area contributed by atoms with Crippen molar-refractivity contribution < 1.29 is 0 Å². The fraction of sp³-hybridized carbons (Fsp3) is 0.286. The number of hydrogen-bond donors (Lipinski definition) is 1. The molecule has 1 aromatic heterocycles. The van der Waals surface area contributed by atoms with Crippen molar-refractivity contribution in [3.8, 4) is 11.4 Å². The van der Waals surface area contributed by atoms with Crippen LogP contribution in [0.15, 0.2) is 33.2 Å². The molecule has 0 radical (unpaired) electrons. The zero-order valence-electron chi connectivity index (χ0n) is 10.9. The third-order valence-corrected chi connectivity index (χ3v) is 4.28. The van der Waals surface area contributed by atoms with Crippen LogP contribution in [0.2, 0.25) is 0 Å². The molecular formula is C14H15Br2N3. The van der Waals surface area contributed by atoms with E-state index in [2.05, 4.69) is 54.1 Å². The first-order chi connectivity index (χ1) is 9.17. The zero-order valence-corrected chi connectivity index (χ0v) is 14.0. The van der Waals surface area contributed by atoms with Crippen LogP contribution in [0.4, 0.5) is 5.82 Å². The molecule has 0 aliphatic heterocycles. The largest absolute Gasteiger partial charge is 0.372 e. The van der Waals surface area contributed by atoms with Crippen molar-refractivity contribution in [3.63, 3.8) is 0 Å². The maximum atomic E-state index is 4.67. The summed E-state index contributed by atoms with van der Waals surface area (Å²) in [4.78, 5) is 9.24. The van der Waals surface area contributed by atoms with Crippen LogP contribution < -0.4 is 5.32 Å². The van der Waals surface area contributed by atoms with E-state index in [0.29, 0.717) is 0 Å². The van der Waals surface area contributed by atoms with Gasteiger partial charge in [0.2, 0.25) is 0 Å². The molecule has 1 heterocycles. The van der Waals surface area contributed by atoms with E-state index in [9.17, 15) is 0 Å². The summed E-state index contributed by atoms with van der Waals surface area (Å²) in [5, 5.41) is 3.11. The summed E-state index contributed by atoms with van der Waals surface area (Å²) in [6.07, 6.45) is 1.98. The maximum Gasteiger partial charge on any atom is 0.162 e. The second kappa shape index (κ2) is 6.48. The minimum absolute atomic E-state index is 0.739. The molecule has 0 spiro atoms. The number of nitrogens with zero attached hydrogens (tertiary/aromatic N) is 2. The number of halogens is 2. The lowest BCUT2D eigenvalue weighted by molar-refractivity contribution is 0.868. The highest BCUT2D eigenvalue weighted by molar-refractivity contribution is 9.11. The van der Waals surface area contributed by atoms with Gasteiger partial charge in [0.15, 0.2) is 5.82 Å². The van der Waals surface area contributed by atoms with Gasteiger partial charge in [-0.05, 0) is 28.4 Å². The summed E-state index contributed by atoms with van der Waals surface area (Å²) in [6.45, 7) is 2.14. The Morgan fingerprint density at radius 3 is 2.53 bits per heavy atom. The fourth-order valence-corrected chi connectivity index (χ4v) is 2.86. The van der Waals surface area contributed by atoms with Crippen LogP contribution in [0.3, 0.4) is 0 Å². The summed E-state index contributed by atoms with van der Waals surface area (Å²) >= 11 is 7.12. The lowest BCUT2D eigenvalue weighted by Crippen LogP contribution is -2.03. The Morgan fingerprint density at radius 2 is 1.89 bits per heavy atom. The fourth-order valence-electron chi connectivity index (χ4n) is 1.82. The molecule has 0 aliphatic rings. The number of rotatable bonds is 4. The van der Waals surface area contributed by atoms with Crippen LogP contribution in [-0.2, 0) is 6.42 Å². The Kier molecular flexibility index (Phi) is 4.93. The van der Waals surface area contributed by atoms with Gasteiger partial charge < -0.3 is 5.32 Å². The van der Waals surface area contributed by atoms with Gasteiger partial charge in [-0.15, -0.1) is 0 Å². The van der Waals surface area contributed by atoms with E-state index in [1.807, 2.05) is 31.3 Å². The SMILES string of the molecule is CCCc1nc(-c2ccccc2Br)nc(NC)c1Br. The number of aryl methyl sites for hydroxylation is 1. The van der Waals surface area contributed by atoms with Gasteiger partial charge in [-0.1, -0.05) is 47.5 Å². The topological polar surface area (TPSA) is 37.8 Å². The molecule has 2 aromatic rings. The Balaban J connectivity index is 2.58. The van der Waals surface area contributed by atoms with Crippen molar-refractivity contribution in [1.82, 2.24) is 9.97 Å². The third kappa shape index (κ3) is 3.15. The Hall–Kier alpha value is -0.940. The van der Waals surface area contributed by atoms with Crippen molar-refractivity contribution in [2.24, 2.45) is 0 Å². The van der Waals surface area contributed by atoms with Crippen LogP contribution in [0.25, 0.3) is 11.4 Å². The molecule has 0 unspecified atom stereocenters. The number of aromatic nitrogens is 2. The summed E-state index contributed by atoms with van der Waals surface area (Å²) in [6, 6.07) is 7.99. The molecular weight excluding hydrogens is 370 g/mol. The molecule has 2 rings (SSSR count). The van der Waals surface area contributed by atoms with Crippen LogP contribution in [0, 0.1) is 0 Å². The molecule has 1 aromatic carbocycles. The average molecular weight is 385 g/mol. The highest BCUT2D eigenvalue weighted by atomic mass is 79.9. The van der Waals surface area contributed by atoms with Crippen LogP contribution >= 0.6 is 31.9 Å². The van der Waals surface area contributed by atoms with E-state index in [-0.39, 0.29) is 0 Å². The highest BCUT2D eigenvalue weighted by Gasteiger charge is 2.13. The van der Waals surface area contributed by atoms with Gasteiger partial charge in [-0.3, -0.25) is 0 Å². The number of nitrogens with one attached hydrogen (secondary N) is 1. The maximum absolute atomic E-state index is 4.67. The number of benzene rings is 1. The lowest BCUT2D eigenvalue weighted by Gasteiger charge is -2.11. The molecule has 19 heavy (non-hydrogen) atoms. The molecule has 0 fully saturated rings. The zero-order chi connectivity index (χ0) is 13.8. The summed E-state index contributed by atoms with van der Waals surface area (Å²) in [7, 11) is 1.87. The third-order valence-electron chi connectivity index (χ3n) is 2.76. The summed E-state index contributed by atoms with van der Waals surface area (Å²) in [5.41, 5.74) is 2.04. The number of anilines is 1. The van der Waals surface area contributed by atoms with E-state index in [1.54, 1.807) is 0 Å². The normalized spacial score (nSPS) is 10.5. The minimum atomic E-state index is 0.739. The Bertz CT molecular complexity index is 585. The van der Waals surface area contributed by atoms with Gasteiger partial charge >= 0.3 is 0 Å². The monoisotopic (exact) mass is 383 g/mol. The van der Waals surface area contributed by atoms with E-state index in [4.69, 9.17) is 0 Å². The molecule has 3 nitrogen and oxygen atoms in total. The van der Waals surface area contributed by atoms with Crippen LogP contribution in [0.1, 0.15) is 19.0 Å². The molecule has 0 saturated carbocycles. The van der Waals surface area contributed by atoms with E-state index >= 15 is 0 Å². The van der Waals surface area contributed by atoms with Crippen molar-refractivity contribution in [1.29, 1.82) is 0 Å². The molecule has 0 saturated heterocycles. The van der Waals surface area contributed by atoms with Crippen molar-refractivity contribution in [3.05, 3.63) is 38.9 Å². The van der Waals surface area contributed by atoms with Crippen molar-refractivity contribution in [2.45, 2.75) is 19.8 Å². The minimum Gasteiger partial charge on any atom is -0.372 e. The predicted octanol–water partition coefficient (Wildman–Crippen LogP) is 4.66. The Morgan fingerprint density at radius 1 is 1.16 bits per heavy atom. The molecule has 1 N–H and O–H groups in total. The first-order valence-corrected chi connectivity index (χ1v) is 7.75. The van der Waals surface area contributed by atoms with Gasteiger partial charge in [-0.2, -0.15) is 0 Å². The van der Waals surface area contributed by atoms with Gasteiger partial charge in [0, 0.05) is 17.1 Å². The summed E-state index contributed by atoms with van der Waals surface area (Å²) < 4.78 is 1.95. The highest BCUT2D eigenvalue weighted by Crippen LogP contribution is 2.30. The van der Waals surface area contributed by atoms with E-state index < -0.39 is 0 Å². The van der Waals surface area contributed by atoms with Crippen molar-refractivity contribution in [2.75, 3.05) is 12.4 Å². The van der Waals surface area contributed by atoms with E-state index in [0.717, 1.165) is 44.7 Å². The quantitative estimate of drug-likeness (QED) is 0.832. The summed E-state index contributed by atoms with van der Waals surface area (Å²) in [5.74, 6) is 1.56. The average Bonchev–Trinajstić information content (AvgIpc) is 2.42. The first-order valence-electron chi connectivity index (χ1n) is 6.16. The van der Waals surface area contributed by atoms with Gasteiger partial charge in [-0.25, -0.2) is 9.97 Å². The Labute approximate surface area is 130 Å². The second-order valence-corrected chi connectivity index (χ2v) is 5.78. The predicted molar refractivity (Wildman–Crippen MR) is 86.4 cm³/mol. The second-order valence-electron chi connectivity index (χ2n) is 4.14. The molecule has 0 atom stereocenters. The van der Waals surface area contributed by atoms with Crippen molar-refractivity contribution >= 4 is 37.7 Å². The van der Waals surface area contributed by atoms with Crippen LogP contribution in [0.5, 0.6) is 0 Å². The van der Waals surface area contributed by atoms with Gasteiger partial charge in [0.05, 0.1) is 10.2 Å². The molecule has 100 valence electrons. The smallest absolute Gasteiger partial charge is 0.162 e. The lowest BCUT2D eigenvalue weighted by atomic mass is 10.2. The molecule has 0 amide bonds. The molecule has 0 aliphatic carbocycles. The molecule has 5 heteroatoms. The van der Waals surface area contributed by atoms with Gasteiger partial charge in [0.1, 0.15) is 5.82 Å². The standard InChI is InChI=1S/C14H15Br2N3/c1-3-6-11-12(16)14(17-2)19-13(18-11)9-7-4-5-8-10(9)15/h4-5,7-8H,3,6H2,1-2H3,(H,17,18,19). The number of hydrogen-bond acceptors (Lipinski definition) is 3.